The fourth-order valence-corrected chi connectivity index (χ4v) is 2.86. The molecule has 4 nitrogen and oxygen atoms in total. The van der Waals surface area contributed by atoms with Crippen LogP contribution in [0.4, 0.5) is 0 Å². The molecule has 3 atom stereocenters. The number of aliphatic hydroxyl groups is 1. The Bertz CT molecular complexity index is 243. The normalized spacial score (nSPS) is 36.7. The van der Waals surface area contributed by atoms with Gasteiger partial charge >= 0.3 is 0 Å². The smallest absolute Gasteiger partial charge is 0.239 e. The Hall–Kier alpha value is -0.610. The Labute approximate surface area is 90.6 Å². The third-order valence-corrected chi connectivity index (χ3v) is 3.77. The summed E-state index contributed by atoms with van der Waals surface area (Å²) >= 11 is 0. The molecule has 3 unspecified atom stereocenters. The lowest BCUT2D eigenvalue weighted by molar-refractivity contribution is -0.139. The highest BCUT2D eigenvalue weighted by Crippen LogP contribution is 2.35. The largest absolute Gasteiger partial charge is 0.393 e. The number of likely N-dealkylation sites (N-methyl/N-ethyl adjacent to an activating group) is 1. The maximum Gasteiger partial charge on any atom is 0.239 e. The summed E-state index contributed by atoms with van der Waals surface area (Å²) in [5, 5.41) is 12.6. The van der Waals surface area contributed by atoms with Crippen molar-refractivity contribution < 1.29 is 9.90 Å². The molecule has 2 fully saturated rings. The molecule has 0 saturated carbocycles. The van der Waals surface area contributed by atoms with Crippen LogP contribution in [-0.2, 0) is 4.79 Å². The molecule has 2 N–H and O–H groups in total. The maximum absolute atomic E-state index is 12.1. The lowest BCUT2D eigenvalue weighted by Gasteiger charge is -2.38. The molecule has 0 aromatic heterocycles. The van der Waals surface area contributed by atoms with Gasteiger partial charge in [-0.1, -0.05) is 0 Å². The summed E-state index contributed by atoms with van der Waals surface area (Å²) in [5.41, 5.74) is 0. The molecule has 0 aliphatic carbocycles. The number of nitrogens with zero attached hydrogens (tertiary/aromatic N) is 1. The third-order valence-electron chi connectivity index (χ3n) is 3.77. The zero-order valence-corrected chi connectivity index (χ0v) is 9.44. The van der Waals surface area contributed by atoms with Gasteiger partial charge in [-0.05, 0) is 39.7 Å². The van der Waals surface area contributed by atoms with E-state index in [1.165, 1.54) is 0 Å². The second-order valence-corrected chi connectivity index (χ2v) is 4.77. The van der Waals surface area contributed by atoms with Crippen molar-refractivity contribution in [2.45, 2.75) is 56.8 Å². The number of hydrogen-bond donors (Lipinski definition) is 2. The fraction of sp³-hybridized carbons (Fsp3) is 0.909. The van der Waals surface area contributed by atoms with Crippen LogP contribution in [-0.4, -0.2) is 47.2 Å². The maximum atomic E-state index is 12.1. The van der Waals surface area contributed by atoms with Crippen molar-refractivity contribution in [2.75, 3.05) is 7.05 Å². The van der Waals surface area contributed by atoms with Crippen LogP contribution < -0.4 is 5.32 Å². The van der Waals surface area contributed by atoms with Gasteiger partial charge in [0.1, 0.15) is 0 Å². The predicted octanol–water partition coefficient (Wildman–Crippen LogP) is 0.109. The van der Waals surface area contributed by atoms with Gasteiger partial charge in [0.25, 0.3) is 0 Å². The van der Waals surface area contributed by atoms with Crippen LogP contribution in [0.1, 0.15) is 32.6 Å². The van der Waals surface area contributed by atoms with E-state index in [4.69, 9.17) is 0 Å². The number of carbonyl (C=O) groups is 1. The predicted molar refractivity (Wildman–Crippen MR) is 57.4 cm³/mol. The molecule has 4 heteroatoms. The topological polar surface area (TPSA) is 52.6 Å². The SMILES string of the molecule is CNC(C)C(=O)N1C2CCC1CC(O)C2. The van der Waals surface area contributed by atoms with Crippen LogP contribution in [0.3, 0.4) is 0 Å². The number of nitrogens with one attached hydrogen (secondary N) is 1. The number of carbonyl (C=O) groups excluding carboxylic acids is 1. The van der Waals surface area contributed by atoms with Crippen molar-refractivity contribution in [3.05, 3.63) is 0 Å². The molecular formula is C11H20N2O2. The fourth-order valence-electron chi connectivity index (χ4n) is 2.86. The third kappa shape index (κ3) is 1.88. The summed E-state index contributed by atoms with van der Waals surface area (Å²) in [6.45, 7) is 1.90. The highest BCUT2D eigenvalue weighted by Gasteiger charge is 2.43. The van der Waals surface area contributed by atoms with Crippen LogP contribution in [0.25, 0.3) is 0 Å². The first-order valence-corrected chi connectivity index (χ1v) is 5.81. The molecule has 2 rings (SSSR count). The second-order valence-electron chi connectivity index (χ2n) is 4.77. The molecule has 2 bridgehead atoms. The van der Waals surface area contributed by atoms with Gasteiger partial charge in [0, 0.05) is 12.1 Å². The van der Waals surface area contributed by atoms with E-state index < -0.39 is 0 Å². The Morgan fingerprint density at radius 2 is 1.93 bits per heavy atom. The van der Waals surface area contributed by atoms with Gasteiger partial charge in [0.05, 0.1) is 12.1 Å². The van der Waals surface area contributed by atoms with Gasteiger partial charge in [-0.15, -0.1) is 0 Å². The number of aliphatic hydroxyl groups excluding tert-OH is 1. The van der Waals surface area contributed by atoms with Crippen LogP contribution in [0, 0.1) is 0 Å². The van der Waals surface area contributed by atoms with E-state index in [-0.39, 0.29) is 30.1 Å². The molecule has 2 saturated heterocycles. The molecule has 2 aliphatic heterocycles. The lowest BCUT2D eigenvalue weighted by atomic mass is 9.99. The quantitative estimate of drug-likeness (QED) is 0.683. The van der Waals surface area contributed by atoms with Crippen LogP contribution in [0.5, 0.6) is 0 Å². The Morgan fingerprint density at radius 3 is 2.40 bits per heavy atom. The van der Waals surface area contributed by atoms with Crippen molar-refractivity contribution in [3.8, 4) is 0 Å². The minimum Gasteiger partial charge on any atom is -0.393 e. The van der Waals surface area contributed by atoms with Crippen molar-refractivity contribution in [2.24, 2.45) is 0 Å². The van der Waals surface area contributed by atoms with Crippen molar-refractivity contribution >= 4 is 5.91 Å². The molecule has 0 spiro atoms. The minimum atomic E-state index is -0.198. The van der Waals surface area contributed by atoms with Gasteiger partial charge in [-0.2, -0.15) is 0 Å². The molecule has 0 aromatic rings. The second kappa shape index (κ2) is 4.10. The Morgan fingerprint density at radius 1 is 1.40 bits per heavy atom. The summed E-state index contributed by atoms with van der Waals surface area (Å²) in [4.78, 5) is 14.1. The van der Waals surface area contributed by atoms with Crippen LogP contribution in [0.15, 0.2) is 0 Å². The molecule has 15 heavy (non-hydrogen) atoms. The Balaban J connectivity index is 2.08. The molecule has 2 heterocycles. The number of hydrogen-bond acceptors (Lipinski definition) is 3. The number of rotatable bonds is 2. The van der Waals surface area contributed by atoms with Crippen molar-refractivity contribution in [3.63, 3.8) is 0 Å². The molecule has 0 radical (unpaired) electrons. The number of piperidine rings is 1. The lowest BCUT2D eigenvalue weighted by Crippen LogP contribution is -2.53. The summed E-state index contributed by atoms with van der Waals surface area (Å²) in [7, 11) is 1.81. The molecule has 0 aromatic carbocycles. The average Bonchev–Trinajstić information content (AvgIpc) is 2.49. The van der Waals surface area contributed by atoms with E-state index >= 15 is 0 Å². The van der Waals surface area contributed by atoms with E-state index in [2.05, 4.69) is 5.32 Å². The number of amides is 1. The molecule has 2 aliphatic rings. The summed E-state index contributed by atoms with van der Waals surface area (Å²) in [6, 6.07) is 0.451. The van der Waals surface area contributed by atoms with E-state index in [1.807, 2.05) is 18.9 Å². The molecule has 1 amide bonds. The summed E-state index contributed by atoms with van der Waals surface area (Å²) < 4.78 is 0. The van der Waals surface area contributed by atoms with Gasteiger partial charge in [-0.3, -0.25) is 4.79 Å². The van der Waals surface area contributed by atoms with Gasteiger partial charge in [-0.25, -0.2) is 0 Å². The molecule has 86 valence electrons. The average molecular weight is 212 g/mol. The van der Waals surface area contributed by atoms with E-state index in [1.54, 1.807) is 0 Å². The zero-order chi connectivity index (χ0) is 11.0. The Kier molecular flexibility index (Phi) is 2.98. The van der Waals surface area contributed by atoms with E-state index in [9.17, 15) is 9.90 Å². The van der Waals surface area contributed by atoms with Crippen molar-refractivity contribution in [1.29, 1.82) is 0 Å². The first-order chi connectivity index (χ1) is 7.13. The summed E-state index contributed by atoms with van der Waals surface area (Å²) in [5.74, 6) is 0.192. The molecular weight excluding hydrogens is 192 g/mol. The van der Waals surface area contributed by atoms with Gasteiger partial charge in [0.2, 0.25) is 5.91 Å². The number of fused-ring (bicyclic) bond motifs is 2. The highest BCUT2D eigenvalue weighted by atomic mass is 16.3. The van der Waals surface area contributed by atoms with Crippen molar-refractivity contribution in [1.82, 2.24) is 10.2 Å². The van der Waals surface area contributed by atoms with Gasteiger partial charge < -0.3 is 15.3 Å². The summed E-state index contributed by atoms with van der Waals surface area (Å²) in [6.07, 6.45) is 3.45. The monoisotopic (exact) mass is 212 g/mol. The van der Waals surface area contributed by atoms with Crippen LogP contribution in [0.2, 0.25) is 0 Å². The van der Waals surface area contributed by atoms with E-state index in [0.29, 0.717) is 0 Å². The standard InChI is InChI=1S/C11H20N2O2/c1-7(12-2)11(15)13-8-3-4-9(13)6-10(14)5-8/h7-10,12,14H,3-6H2,1-2H3. The van der Waals surface area contributed by atoms with Gasteiger partial charge in [0.15, 0.2) is 0 Å². The van der Waals surface area contributed by atoms with Crippen LogP contribution >= 0.6 is 0 Å². The highest BCUT2D eigenvalue weighted by molar-refractivity contribution is 5.82. The first-order valence-electron chi connectivity index (χ1n) is 5.81. The first kappa shape index (κ1) is 10.9. The van der Waals surface area contributed by atoms with E-state index in [0.717, 1.165) is 25.7 Å². The zero-order valence-electron chi connectivity index (χ0n) is 9.44. The minimum absolute atomic E-state index is 0.108.